The molecule has 0 bridgehead atoms. The fraction of sp³-hybridized carbons (Fsp3) is 0.267. The van der Waals surface area contributed by atoms with Crippen molar-refractivity contribution in [1.82, 2.24) is 10.9 Å². The molecule has 0 saturated carbocycles. The third kappa shape index (κ3) is 4.47. The maximum Gasteiger partial charge on any atom is 0.234 e. The number of nitrogens with one attached hydrogen (secondary N) is 2. The Balaban J connectivity index is 1.88. The first-order chi connectivity index (χ1) is 9.28. The lowest BCUT2D eigenvalue weighted by molar-refractivity contribution is -0.123. The summed E-state index contributed by atoms with van der Waals surface area (Å²) in [6.45, 7) is 0. The molecule has 2 N–H and O–H groups in total. The van der Waals surface area contributed by atoms with Crippen LogP contribution in [0.3, 0.4) is 0 Å². The van der Waals surface area contributed by atoms with Gasteiger partial charge in [0.25, 0.3) is 0 Å². The lowest BCUT2D eigenvalue weighted by atomic mass is 10.1. The minimum atomic E-state index is 0.0551. The molecule has 1 fully saturated rings. The Labute approximate surface area is 117 Å². The zero-order chi connectivity index (χ0) is 13.5. The van der Waals surface area contributed by atoms with Crippen LogP contribution in [0.4, 0.5) is 0 Å². The molecule has 0 aromatic heterocycles. The number of rotatable bonds is 4. The maximum absolute atomic E-state index is 11.0. The van der Waals surface area contributed by atoms with Gasteiger partial charge in [0.1, 0.15) is 0 Å². The molecule has 19 heavy (non-hydrogen) atoms. The van der Waals surface area contributed by atoms with E-state index in [1.54, 1.807) is 11.8 Å². The van der Waals surface area contributed by atoms with E-state index >= 15 is 0 Å². The summed E-state index contributed by atoms with van der Waals surface area (Å²) in [6.07, 6.45) is 10.8. The van der Waals surface area contributed by atoms with Gasteiger partial charge in [-0.2, -0.15) is 0 Å². The molecular weight excluding hydrogens is 256 g/mol. The van der Waals surface area contributed by atoms with Crippen molar-refractivity contribution >= 4 is 23.7 Å². The number of benzene rings is 1. The maximum atomic E-state index is 11.0. The summed E-state index contributed by atoms with van der Waals surface area (Å²) in [6, 6.07) is 8.47. The van der Waals surface area contributed by atoms with E-state index in [-0.39, 0.29) is 11.9 Å². The molecule has 1 amide bonds. The van der Waals surface area contributed by atoms with Crippen LogP contribution in [0.15, 0.2) is 35.2 Å². The van der Waals surface area contributed by atoms with Crippen LogP contribution in [0, 0.1) is 12.3 Å². The summed E-state index contributed by atoms with van der Waals surface area (Å²) in [5, 5.41) is 0. The normalized spacial score (nSPS) is 19.1. The van der Waals surface area contributed by atoms with Gasteiger partial charge in [-0.1, -0.05) is 30.2 Å². The molecule has 1 unspecified atom stereocenters. The molecule has 1 aliphatic rings. The first-order valence-corrected chi connectivity index (χ1v) is 7.15. The highest BCUT2D eigenvalue weighted by molar-refractivity contribution is 7.99. The first-order valence-electron chi connectivity index (χ1n) is 6.17. The number of carbonyl (C=O) groups is 1. The molecule has 4 heteroatoms. The van der Waals surface area contributed by atoms with Gasteiger partial charge in [0.05, 0.1) is 5.75 Å². The van der Waals surface area contributed by atoms with Gasteiger partial charge in [-0.15, -0.1) is 18.2 Å². The van der Waals surface area contributed by atoms with E-state index in [1.165, 1.54) is 4.90 Å². The van der Waals surface area contributed by atoms with E-state index in [0.29, 0.717) is 12.2 Å². The Kier molecular flexibility index (Phi) is 5.08. The molecule has 98 valence electrons. The van der Waals surface area contributed by atoms with E-state index in [4.69, 9.17) is 6.42 Å². The summed E-state index contributed by atoms with van der Waals surface area (Å²) >= 11 is 1.66. The van der Waals surface area contributed by atoms with Crippen molar-refractivity contribution in [2.75, 3.05) is 5.75 Å². The minimum Gasteiger partial charge on any atom is -0.291 e. The highest BCUT2D eigenvalue weighted by Gasteiger charge is 2.14. The Hall–Kier alpha value is -1.70. The molecule has 3 nitrogen and oxygen atoms in total. The van der Waals surface area contributed by atoms with Crippen molar-refractivity contribution in [3.05, 3.63) is 35.9 Å². The quantitative estimate of drug-likeness (QED) is 0.652. The van der Waals surface area contributed by atoms with Crippen LogP contribution in [0.1, 0.15) is 18.4 Å². The standard InChI is InChI=1S/C15H16N2OS/c1-2-11-19-14-8-4-12(5-9-14)3-6-13-7-10-15(18)17-16-13/h1,3-6,8-9,13,16H,7,10-11H2,(H,17,18)/b6-3+. The summed E-state index contributed by atoms with van der Waals surface area (Å²) in [5.74, 6) is 3.36. The van der Waals surface area contributed by atoms with Gasteiger partial charge in [-0.05, 0) is 24.1 Å². The predicted octanol–water partition coefficient (Wildman–Crippen LogP) is 2.21. The van der Waals surface area contributed by atoms with Crippen LogP contribution in [-0.4, -0.2) is 17.7 Å². The van der Waals surface area contributed by atoms with Gasteiger partial charge >= 0.3 is 0 Å². The van der Waals surface area contributed by atoms with Crippen molar-refractivity contribution in [3.63, 3.8) is 0 Å². The average Bonchev–Trinajstić information content (AvgIpc) is 2.46. The lowest BCUT2D eigenvalue weighted by Gasteiger charge is -2.20. The van der Waals surface area contributed by atoms with E-state index in [0.717, 1.165) is 12.0 Å². The van der Waals surface area contributed by atoms with Crippen molar-refractivity contribution < 1.29 is 4.79 Å². The fourth-order valence-electron chi connectivity index (χ4n) is 1.77. The van der Waals surface area contributed by atoms with E-state index in [9.17, 15) is 4.79 Å². The van der Waals surface area contributed by atoms with Gasteiger partial charge in [-0.25, -0.2) is 5.43 Å². The summed E-state index contributed by atoms with van der Waals surface area (Å²) in [5.41, 5.74) is 6.75. The average molecular weight is 272 g/mol. The number of hydrogen-bond acceptors (Lipinski definition) is 3. The van der Waals surface area contributed by atoms with Gasteiger partial charge in [0.15, 0.2) is 0 Å². The summed E-state index contributed by atoms with van der Waals surface area (Å²) in [4.78, 5) is 12.2. The van der Waals surface area contributed by atoms with E-state index in [1.807, 2.05) is 0 Å². The summed E-state index contributed by atoms with van der Waals surface area (Å²) in [7, 11) is 0. The SMILES string of the molecule is C#CCSc1ccc(/C=C/C2CCC(=O)NN2)cc1. The summed E-state index contributed by atoms with van der Waals surface area (Å²) < 4.78 is 0. The zero-order valence-electron chi connectivity index (χ0n) is 10.6. The molecule has 1 aliphatic heterocycles. The lowest BCUT2D eigenvalue weighted by Crippen LogP contribution is -2.48. The van der Waals surface area contributed by atoms with Gasteiger partial charge in [0, 0.05) is 17.4 Å². The number of thioether (sulfide) groups is 1. The number of amides is 1. The third-order valence-corrected chi connectivity index (χ3v) is 3.72. The van der Waals surface area contributed by atoms with E-state index < -0.39 is 0 Å². The second-order valence-corrected chi connectivity index (χ2v) is 5.31. The van der Waals surface area contributed by atoms with Crippen molar-refractivity contribution in [1.29, 1.82) is 0 Å². The monoisotopic (exact) mass is 272 g/mol. The Morgan fingerprint density at radius 3 is 2.84 bits per heavy atom. The Morgan fingerprint density at radius 2 is 2.21 bits per heavy atom. The van der Waals surface area contributed by atoms with Crippen LogP contribution in [0.5, 0.6) is 0 Å². The molecule has 1 saturated heterocycles. The molecule has 1 aromatic rings. The number of hydrazine groups is 1. The van der Waals surface area contributed by atoms with E-state index in [2.05, 4.69) is 53.2 Å². The molecule has 0 aliphatic carbocycles. The van der Waals surface area contributed by atoms with Gasteiger partial charge in [0.2, 0.25) is 5.91 Å². The second kappa shape index (κ2) is 7.03. The minimum absolute atomic E-state index is 0.0551. The zero-order valence-corrected chi connectivity index (χ0v) is 11.4. The molecule has 1 atom stereocenters. The fourth-order valence-corrected chi connectivity index (χ4v) is 2.34. The number of hydrogen-bond donors (Lipinski definition) is 2. The Morgan fingerprint density at radius 1 is 1.42 bits per heavy atom. The Bertz CT molecular complexity index is 492. The van der Waals surface area contributed by atoms with Crippen LogP contribution >= 0.6 is 11.8 Å². The molecule has 2 rings (SSSR count). The van der Waals surface area contributed by atoms with Crippen LogP contribution in [-0.2, 0) is 4.79 Å². The van der Waals surface area contributed by atoms with Crippen molar-refractivity contribution in [2.45, 2.75) is 23.8 Å². The van der Waals surface area contributed by atoms with Crippen LogP contribution < -0.4 is 10.9 Å². The highest BCUT2D eigenvalue weighted by atomic mass is 32.2. The van der Waals surface area contributed by atoms with Crippen molar-refractivity contribution in [2.24, 2.45) is 0 Å². The third-order valence-electron chi connectivity index (χ3n) is 2.80. The number of carbonyl (C=O) groups excluding carboxylic acids is 1. The van der Waals surface area contributed by atoms with Gasteiger partial charge in [-0.3, -0.25) is 10.2 Å². The second-order valence-electron chi connectivity index (χ2n) is 4.26. The smallest absolute Gasteiger partial charge is 0.234 e. The molecule has 0 radical (unpaired) electrons. The molecule has 1 aromatic carbocycles. The first kappa shape index (κ1) is 13.7. The molecule has 0 spiro atoms. The van der Waals surface area contributed by atoms with Crippen LogP contribution in [0.25, 0.3) is 6.08 Å². The topological polar surface area (TPSA) is 41.1 Å². The highest BCUT2D eigenvalue weighted by Crippen LogP contribution is 2.18. The van der Waals surface area contributed by atoms with Crippen LogP contribution in [0.2, 0.25) is 0 Å². The van der Waals surface area contributed by atoms with Gasteiger partial charge < -0.3 is 0 Å². The molecular formula is C15H16N2OS. The molecule has 1 heterocycles. The predicted molar refractivity (Wildman–Crippen MR) is 79.3 cm³/mol. The number of terminal acetylenes is 1. The van der Waals surface area contributed by atoms with Crippen molar-refractivity contribution in [3.8, 4) is 12.3 Å². The largest absolute Gasteiger partial charge is 0.291 e.